The van der Waals surface area contributed by atoms with Crippen molar-refractivity contribution < 1.29 is 22.8 Å². The lowest BCUT2D eigenvalue weighted by molar-refractivity contribution is -0.137. The van der Waals surface area contributed by atoms with E-state index in [9.17, 15) is 22.8 Å². The van der Waals surface area contributed by atoms with Crippen LogP contribution in [0.15, 0.2) is 48.5 Å². The second-order valence-electron chi connectivity index (χ2n) is 7.37. The molecule has 0 radical (unpaired) electrons. The van der Waals surface area contributed by atoms with Crippen molar-refractivity contribution in [2.24, 2.45) is 11.8 Å². The first-order chi connectivity index (χ1) is 13.3. The number of rotatable bonds is 3. The van der Waals surface area contributed by atoms with Crippen LogP contribution in [0.2, 0.25) is 0 Å². The zero-order valence-electron chi connectivity index (χ0n) is 15.2. The van der Waals surface area contributed by atoms with Crippen LogP contribution in [-0.4, -0.2) is 17.9 Å². The summed E-state index contributed by atoms with van der Waals surface area (Å²) in [4.78, 5) is 27.1. The normalized spacial score (nSPS) is 23.3. The van der Waals surface area contributed by atoms with Gasteiger partial charge in [-0.2, -0.15) is 13.2 Å². The Hall–Kier alpha value is -2.83. The van der Waals surface area contributed by atoms with E-state index < -0.39 is 29.5 Å². The molecule has 1 saturated carbocycles. The first-order valence-electron chi connectivity index (χ1n) is 9.15. The summed E-state index contributed by atoms with van der Waals surface area (Å²) in [6.45, 7) is 1.95. The summed E-state index contributed by atoms with van der Waals surface area (Å²) in [5.41, 5.74) is 0.768. The van der Waals surface area contributed by atoms with Crippen LogP contribution >= 0.6 is 0 Å². The number of hydrogen-bond acceptors (Lipinski definition) is 2. The fourth-order valence-corrected chi connectivity index (χ4v) is 3.90. The molecule has 1 aliphatic heterocycles. The molecule has 2 aliphatic rings. The first-order valence-corrected chi connectivity index (χ1v) is 9.15. The van der Waals surface area contributed by atoms with Gasteiger partial charge in [0.2, 0.25) is 11.8 Å². The van der Waals surface area contributed by atoms with Gasteiger partial charge in [0.15, 0.2) is 0 Å². The number of para-hydroxylation sites is 2. The lowest BCUT2D eigenvalue weighted by atomic mass is 10.1. The van der Waals surface area contributed by atoms with Gasteiger partial charge in [0.25, 0.3) is 0 Å². The van der Waals surface area contributed by atoms with E-state index in [0.29, 0.717) is 6.42 Å². The average molecular weight is 388 g/mol. The first kappa shape index (κ1) is 18.5. The molecule has 0 aromatic heterocycles. The van der Waals surface area contributed by atoms with E-state index in [1.165, 1.54) is 18.2 Å². The molecule has 4 nitrogen and oxygen atoms in total. The van der Waals surface area contributed by atoms with Crippen LogP contribution in [0.5, 0.6) is 0 Å². The highest BCUT2D eigenvalue weighted by Gasteiger charge is 2.51. The third kappa shape index (κ3) is 3.25. The molecule has 28 heavy (non-hydrogen) atoms. The molecule has 3 unspecified atom stereocenters. The fraction of sp³-hybridized carbons (Fsp3) is 0.333. The summed E-state index contributed by atoms with van der Waals surface area (Å²) in [7, 11) is 0. The number of anilines is 2. The summed E-state index contributed by atoms with van der Waals surface area (Å²) < 4.78 is 39.3. The highest BCUT2D eigenvalue weighted by Crippen LogP contribution is 2.44. The predicted molar refractivity (Wildman–Crippen MR) is 98.8 cm³/mol. The fourth-order valence-electron chi connectivity index (χ4n) is 3.90. The minimum Gasteiger partial charge on any atom is -0.325 e. The van der Waals surface area contributed by atoms with Crippen LogP contribution in [0, 0.1) is 11.8 Å². The van der Waals surface area contributed by atoms with Crippen molar-refractivity contribution in [1.29, 1.82) is 0 Å². The summed E-state index contributed by atoms with van der Waals surface area (Å²) in [5.74, 6) is -1.78. The lowest BCUT2D eigenvalue weighted by Gasteiger charge is -2.23. The van der Waals surface area contributed by atoms with Crippen molar-refractivity contribution in [2.75, 3.05) is 10.2 Å². The molecular formula is C21H19F3N2O2. The van der Waals surface area contributed by atoms with Gasteiger partial charge in [-0.15, -0.1) is 0 Å². The molecule has 3 atom stereocenters. The Balaban J connectivity index is 1.47. The molecule has 0 spiro atoms. The number of amides is 2. The summed E-state index contributed by atoms with van der Waals surface area (Å²) in [6, 6.07) is 12.5. The van der Waals surface area contributed by atoms with Crippen LogP contribution in [0.25, 0.3) is 0 Å². The highest BCUT2D eigenvalue weighted by molar-refractivity contribution is 6.05. The number of carbonyl (C=O) groups is 2. The molecule has 1 heterocycles. The Morgan fingerprint density at radius 3 is 2.46 bits per heavy atom. The van der Waals surface area contributed by atoms with Crippen molar-refractivity contribution >= 4 is 23.2 Å². The van der Waals surface area contributed by atoms with Crippen LogP contribution in [0.4, 0.5) is 24.5 Å². The Kier molecular flexibility index (Phi) is 4.40. The summed E-state index contributed by atoms with van der Waals surface area (Å²) >= 11 is 0. The number of nitrogens with zero attached hydrogens (tertiary/aromatic N) is 1. The molecule has 1 aliphatic carbocycles. The number of benzene rings is 2. The van der Waals surface area contributed by atoms with Crippen molar-refractivity contribution in [1.82, 2.24) is 0 Å². The quantitative estimate of drug-likeness (QED) is 0.854. The van der Waals surface area contributed by atoms with Crippen LogP contribution in [0.1, 0.15) is 24.5 Å². The number of nitrogens with one attached hydrogen (secondary N) is 1. The maximum Gasteiger partial charge on any atom is 0.418 e. The molecule has 1 N–H and O–H groups in total. The van der Waals surface area contributed by atoms with E-state index in [4.69, 9.17) is 0 Å². The molecule has 7 heteroatoms. The smallest absolute Gasteiger partial charge is 0.325 e. The van der Waals surface area contributed by atoms with E-state index in [2.05, 4.69) is 5.32 Å². The van der Waals surface area contributed by atoms with Gasteiger partial charge in [0.1, 0.15) is 0 Å². The second-order valence-corrected chi connectivity index (χ2v) is 7.37. The molecule has 0 bridgehead atoms. The summed E-state index contributed by atoms with van der Waals surface area (Å²) in [5, 5.41) is 2.36. The zero-order valence-corrected chi connectivity index (χ0v) is 15.2. The second kappa shape index (κ2) is 6.65. The van der Waals surface area contributed by atoms with Gasteiger partial charge in [0.05, 0.1) is 23.1 Å². The number of fused-ring (bicyclic) bond motifs is 1. The van der Waals surface area contributed by atoms with E-state index in [1.807, 2.05) is 31.2 Å². The molecule has 1 fully saturated rings. The minimum atomic E-state index is -4.56. The maximum atomic E-state index is 13.1. The van der Waals surface area contributed by atoms with Crippen molar-refractivity contribution in [3.8, 4) is 0 Å². The monoisotopic (exact) mass is 388 g/mol. The average Bonchev–Trinajstić information content (AvgIpc) is 3.37. The zero-order chi connectivity index (χ0) is 20.1. The molecule has 2 amide bonds. The van der Waals surface area contributed by atoms with E-state index in [1.54, 1.807) is 4.90 Å². The SMILES string of the molecule is CC1Cc2ccccc2N1C(=O)C1CC1C(=O)Nc1ccccc1C(F)(F)F. The van der Waals surface area contributed by atoms with E-state index in [-0.39, 0.29) is 17.6 Å². The van der Waals surface area contributed by atoms with Crippen molar-refractivity contribution in [2.45, 2.75) is 32.0 Å². The predicted octanol–water partition coefficient (Wildman–Crippen LogP) is 4.26. The minimum absolute atomic E-state index is 0.000154. The Bertz CT molecular complexity index is 941. The van der Waals surface area contributed by atoms with Crippen molar-refractivity contribution in [3.05, 3.63) is 59.7 Å². The highest BCUT2D eigenvalue weighted by atomic mass is 19.4. The molecule has 0 saturated heterocycles. The lowest BCUT2D eigenvalue weighted by Crippen LogP contribution is -2.37. The Labute approximate surface area is 160 Å². The third-order valence-electron chi connectivity index (χ3n) is 5.38. The largest absolute Gasteiger partial charge is 0.418 e. The van der Waals surface area contributed by atoms with Gasteiger partial charge >= 0.3 is 6.18 Å². The van der Waals surface area contributed by atoms with Gasteiger partial charge in [0, 0.05) is 11.7 Å². The van der Waals surface area contributed by atoms with Gasteiger partial charge < -0.3 is 10.2 Å². The molecule has 4 rings (SSSR count). The Morgan fingerprint density at radius 1 is 1.04 bits per heavy atom. The molecule has 146 valence electrons. The maximum absolute atomic E-state index is 13.1. The van der Waals surface area contributed by atoms with E-state index in [0.717, 1.165) is 23.7 Å². The van der Waals surface area contributed by atoms with E-state index >= 15 is 0 Å². The topological polar surface area (TPSA) is 49.4 Å². The standard InChI is InChI=1S/C21H19F3N2O2/c1-12-10-13-6-2-5-9-18(13)26(12)20(28)15-11-14(15)19(27)25-17-8-4-3-7-16(17)21(22,23)24/h2-9,12,14-15H,10-11H2,1H3,(H,25,27). The van der Waals surface area contributed by atoms with Crippen LogP contribution < -0.4 is 10.2 Å². The Morgan fingerprint density at radius 2 is 1.71 bits per heavy atom. The molecular weight excluding hydrogens is 369 g/mol. The number of hydrogen-bond donors (Lipinski definition) is 1. The molecule has 2 aromatic carbocycles. The number of carbonyl (C=O) groups excluding carboxylic acids is 2. The van der Waals surface area contributed by atoms with Gasteiger partial charge in [-0.05, 0) is 43.5 Å². The van der Waals surface area contributed by atoms with Gasteiger partial charge in [-0.3, -0.25) is 9.59 Å². The van der Waals surface area contributed by atoms with Crippen LogP contribution in [-0.2, 0) is 22.2 Å². The van der Waals surface area contributed by atoms with Crippen molar-refractivity contribution in [3.63, 3.8) is 0 Å². The summed E-state index contributed by atoms with van der Waals surface area (Å²) in [6.07, 6.45) is -3.45. The van der Waals surface area contributed by atoms with Crippen LogP contribution in [0.3, 0.4) is 0 Å². The van der Waals surface area contributed by atoms with Gasteiger partial charge in [-0.1, -0.05) is 30.3 Å². The number of halogens is 3. The molecule has 2 aromatic rings. The number of alkyl halides is 3. The van der Waals surface area contributed by atoms with Gasteiger partial charge in [-0.25, -0.2) is 0 Å². The third-order valence-corrected chi connectivity index (χ3v) is 5.38.